The molecule has 0 saturated heterocycles. The molecule has 0 fully saturated rings. The highest BCUT2D eigenvalue weighted by Crippen LogP contribution is 2.22. The number of anilines is 1. The van der Waals surface area contributed by atoms with E-state index < -0.39 is 0 Å². The SMILES string of the molecule is O=C(NCc1ccc2c(c1)CCN2)c1ccc(Cl)cc1. The lowest BCUT2D eigenvalue weighted by Gasteiger charge is -2.07. The summed E-state index contributed by atoms with van der Waals surface area (Å²) in [7, 11) is 0. The van der Waals surface area contributed by atoms with Crippen molar-refractivity contribution in [1.82, 2.24) is 5.32 Å². The second-order valence-corrected chi connectivity index (χ2v) is 5.29. The van der Waals surface area contributed by atoms with E-state index in [4.69, 9.17) is 11.6 Å². The molecule has 2 aromatic rings. The van der Waals surface area contributed by atoms with Crippen LogP contribution >= 0.6 is 11.6 Å². The smallest absolute Gasteiger partial charge is 0.251 e. The maximum Gasteiger partial charge on any atom is 0.251 e. The van der Waals surface area contributed by atoms with Crippen LogP contribution in [0.5, 0.6) is 0 Å². The Morgan fingerprint density at radius 1 is 1.20 bits per heavy atom. The summed E-state index contributed by atoms with van der Waals surface area (Å²) in [6, 6.07) is 13.2. The molecule has 102 valence electrons. The van der Waals surface area contributed by atoms with Crippen LogP contribution < -0.4 is 10.6 Å². The van der Waals surface area contributed by atoms with Crippen LogP contribution in [0.1, 0.15) is 21.5 Å². The first-order chi connectivity index (χ1) is 9.72. The Morgan fingerprint density at radius 2 is 2.00 bits per heavy atom. The summed E-state index contributed by atoms with van der Waals surface area (Å²) >= 11 is 5.81. The number of carbonyl (C=O) groups excluding carboxylic acids is 1. The van der Waals surface area contributed by atoms with E-state index in [1.54, 1.807) is 24.3 Å². The Labute approximate surface area is 123 Å². The van der Waals surface area contributed by atoms with Gasteiger partial charge < -0.3 is 10.6 Å². The van der Waals surface area contributed by atoms with Crippen molar-refractivity contribution in [3.8, 4) is 0 Å². The second kappa shape index (κ2) is 5.55. The van der Waals surface area contributed by atoms with Crippen LogP contribution in [0.25, 0.3) is 0 Å². The fourth-order valence-corrected chi connectivity index (χ4v) is 2.48. The van der Waals surface area contributed by atoms with Gasteiger partial charge in [-0.2, -0.15) is 0 Å². The lowest BCUT2D eigenvalue weighted by atomic mass is 10.1. The van der Waals surface area contributed by atoms with Gasteiger partial charge in [0.1, 0.15) is 0 Å². The minimum Gasteiger partial charge on any atom is -0.384 e. The van der Waals surface area contributed by atoms with Gasteiger partial charge in [0.15, 0.2) is 0 Å². The van der Waals surface area contributed by atoms with Crippen LogP contribution in [0.15, 0.2) is 42.5 Å². The molecular weight excluding hydrogens is 272 g/mol. The molecular formula is C16H15ClN2O. The first-order valence-corrected chi connectivity index (χ1v) is 6.99. The Kier molecular flexibility index (Phi) is 3.61. The molecule has 3 nitrogen and oxygen atoms in total. The van der Waals surface area contributed by atoms with Gasteiger partial charge in [-0.15, -0.1) is 0 Å². The van der Waals surface area contributed by atoms with Gasteiger partial charge in [-0.3, -0.25) is 4.79 Å². The number of benzene rings is 2. The summed E-state index contributed by atoms with van der Waals surface area (Å²) in [5.41, 5.74) is 4.27. The highest BCUT2D eigenvalue weighted by atomic mass is 35.5. The third kappa shape index (κ3) is 2.78. The number of halogens is 1. The van der Waals surface area contributed by atoms with Gasteiger partial charge in [-0.1, -0.05) is 23.7 Å². The predicted molar refractivity (Wildman–Crippen MR) is 81.3 cm³/mol. The Morgan fingerprint density at radius 3 is 2.80 bits per heavy atom. The normalized spacial score (nSPS) is 12.7. The third-order valence-corrected chi connectivity index (χ3v) is 3.69. The zero-order valence-electron chi connectivity index (χ0n) is 10.9. The lowest BCUT2D eigenvalue weighted by Crippen LogP contribution is -2.22. The average molecular weight is 287 g/mol. The fourth-order valence-electron chi connectivity index (χ4n) is 2.35. The standard InChI is InChI=1S/C16H15ClN2O/c17-14-4-2-12(3-5-14)16(20)19-10-11-1-6-15-13(9-11)7-8-18-15/h1-6,9,18H,7-8,10H2,(H,19,20). The molecule has 0 saturated carbocycles. The Bertz CT molecular complexity index is 637. The number of fused-ring (bicyclic) bond motifs is 1. The summed E-state index contributed by atoms with van der Waals surface area (Å²) in [4.78, 5) is 12.0. The van der Waals surface area contributed by atoms with Crippen molar-refractivity contribution < 1.29 is 4.79 Å². The predicted octanol–water partition coefficient (Wildman–Crippen LogP) is 3.24. The van der Waals surface area contributed by atoms with Gasteiger partial charge in [0.25, 0.3) is 5.91 Å². The molecule has 1 aliphatic rings. The second-order valence-electron chi connectivity index (χ2n) is 4.86. The van der Waals surface area contributed by atoms with Crippen molar-refractivity contribution in [2.45, 2.75) is 13.0 Å². The van der Waals surface area contributed by atoms with E-state index in [-0.39, 0.29) is 5.91 Å². The molecule has 20 heavy (non-hydrogen) atoms. The van der Waals surface area contributed by atoms with E-state index in [0.717, 1.165) is 18.5 Å². The van der Waals surface area contributed by atoms with E-state index in [9.17, 15) is 4.79 Å². The third-order valence-electron chi connectivity index (χ3n) is 3.44. The molecule has 0 spiro atoms. The maximum atomic E-state index is 12.0. The van der Waals surface area contributed by atoms with Crippen LogP contribution in [-0.4, -0.2) is 12.5 Å². The molecule has 0 atom stereocenters. The topological polar surface area (TPSA) is 41.1 Å². The summed E-state index contributed by atoms with van der Waals surface area (Å²) in [5.74, 6) is -0.0831. The fraction of sp³-hybridized carbons (Fsp3) is 0.188. The number of amides is 1. The molecule has 3 rings (SSSR count). The molecule has 4 heteroatoms. The lowest BCUT2D eigenvalue weighted by molar-refractivity contribution is 0.0951. The van der Waals surface area contributed by atoms with Crippen LogP contribution in [0.4, 0.5) is 5.69 Å². The van der Waals surface area contributed by atoms with E-state index in [1.807, 2.05) is 6.07 Å². The molecule has 1 aliphatic heterocycles. The molecule has 0 radical (unpaired) electrons. The van der Waals surface area contributed by atoms with Crippen LogP contribution in [-0.2, 0) is 13.0 Å². The number of hydrogen-bond acceptors (Lipinski definition) is 2. The molecule has 1 amide bonds. The molecule has 1 heterocycles. The summed E-state index contributed by atoms with van der Waals surface area (Å²) in [5, 5.41) is 6.88. The zero-order chi connectivity index (χ0) is 13.9. The monoisotopic (exact) mass is 286 g/mol. The number of rotatable bonds is 3. The summed E-state index contributed by atoms with van der Waals surface area (Å²) < 4.78 is 0. The van der Waals surface area contributed by atoms with Crippen molar-refractivity contribution in [1.29, 1.82) is 0 Å². The van der Waals surface area contributed by atoms with Gasteiger partial charge in [0.05, 0.1) is 0 Å². The van der Waals surface area contributed by atoms with Crippen molar-refractivity contribution in [3.05, 3.63) is 64.2 Å². The van der Waals surface area contributed by atoms with Crippen molar-refractivity contribution in [2.75, 3.05) is 11.9 Å². The molecule has 2 N–H and O–H groups in total. The average Bonchev–Trinajstić information content (AvgIpc) is 2.93. The van der Waals surface area contributed by atoms with E-state index in [2.05, 4.69) is 22.8 Å². The zero-order valence-corrected chi connectivity index (χ0v) is 11.7. The van der Waals surface area contributed by atoms with Crippen molar-refractivity contribution >= 4 is 23.2 Å². The Hall–Kier alpha value is -2.00. The van der Waals surface area contributed by atoms with Crippen molar-refractivity contribution in [2.24, 2.45) is 0 Å². The minimum atomic E-state index is -0.0831. The molecule has 0 bridgehead atoms. The van der Waals surface area contributed by atoms with Crippen LogP contribution in [0, 0.1) is 0 Å². The summed E-state index contributed by atoms with van der Waals surface area (Å²) in [6.45, 7) is 1.53. The van der Waals surface area contributed by atoms with E-state index in [0.29, 0.717) is 17.1 Å². The quantitative estimate of drug-likeness (QED) is 0.909. The van der Waals surface area contributed by atoms with Gasteiger partial charge in [0, 0.05) is 29.4 Å². The first kappa shape index (κ1) is 13.0. The van der Waals surface area contributed by atoms with Gasteiger partial charge >= 0.3 is 0 Å². The Balaban J connectivity index is 1.64. The van der Waals surface area contributed by atoms with Crippen LogP contribution in [0.3, 0.4) is 0 Å². The van der Waals surface area contributed by atoms with Gasteiger partial charge in [-0.05, 0) is 47.9 Å². The largest absolute Gasteiger partial charge is 0.384 e. The number of nitrogens with one attached hydrogen (secondary N) is 2. The highest BCUT2D eigenvalue weighted by molar-refractivity contribution is 6.30. The van der Waals surface area contributed by atoms with Gasteiger partial charge in [-0.25, -0.2) is 0 Å². The van der Waals surface area contributed by atoms with Gasteiger partial charge in [0.2, 0.25) is 0 Å². The first-order valence-electron chi connectivity index (χ1n) is 6.62. The maximum absolute atomic E-state index is 12.0. The molecule has 0 aliphatic carbocycles. The number of hydrogen-bond donors (Lipinski definition) is 2. The minimum absolute atomic E-state index is 0.0831. The summed E-state index contributed by atoms with van der Waals surface area (Å²) in [6.07, 6.45) is 1.05. The van der Waals surface area contributed by atoms with E-state index in [1.165, 1.54) is 11.3 Å². The highest BCUT2D eigenvalue weighted by Gasteiger charge is 2.10. The van der Waals surface area contributed by atoms with E-state index >= 15 is 0 Å². The van der Waals surface area contributed by atoms with Crippen LogP contribution in [0.2, 0.25) is 5.02 Å². The number of carbonyl (C=O) groups is 1. The molecule has 0 unspecified atom stereocenters. The molecule has 0 aromatic heterocycles. The molecule has 2 aromatic carbocycles. The van der Waals surface area contributed by atoms with Crippen molar-refractivity contribution in [3.63, 3.8) is 0 Å².